The van der Waals surface area contributed by atoms with Crippen LogP contribution in [0.4, 0.5) is 0 Å². The molecule has 7 nitrogen and oxygen atoms in total. The van der Waals surface area contributed by atoms with Gasteiger partial charge < -0.3 is 5.73 Å². The van der Waals surface area contributed by atoms with E-state index in [-0.39, 0.29) is 11.6 Å². The Morgan fingerprint density at radius 3 is 2.89 bits per heavy atom. The summed E-state index contributed by atoms with van der Waals surface area (Å²) in [5, 5.41) is 6.17. The van der Waals surface area contributed by atoms with Crippen LogP contribution in [0.2, 0.25) is 0 Å². The fourth-order valence-corrected chi connectivity index (χ4v) is 3.04. The molecule has 1 unspecified atom stereocenters. The Balaban J connectivity index is 2.23. The van der Waals surface area contributed by atoms with Gasteiger partial charge in [-0.05, 0) is 18.6 Å². The van der Waals surface area contributed by atoms with Gasteiger partial charge in [0.05, 0.1) is 6.20 Å². The number of rotatable bonds is 5. The number of H-pyrrole nitrogens is 1. The number of hydrogen-bond acceptors (Lipinski definition) is 5. The largest absolute Gasteiger partial charge is 0.326 e. The minimum Gasteiger partial charge on any atom is -0.326 e. The second-order valence-electron chi connectivity index (χ2n) is 4.06. The average Bonchev–Trinajstić information content (AvgIpc) is 2.88. The number of pyridine rings is 1. The van der Waals surface area contributed by atoms with Crippen LogP contribution in [0.3, 0.4) is 0 Å². The van der Waals surface area contributed by atoms with Gasteiger partial charge in [-0.25, -0.2) is 13.1 Å². The van der Waals surface area contributed by atoms with E-state index in [1.165, 1.54) is 6.20 Å². The predicted molar refractivity (Wildman–Crippen MR) is 69.5 cm³/mol. The molecule has 0 radical (unpaired) electrons. The van der Waals surface area contributed by atoms with Crippen molar-refractivity contribution in [3.8, 4) is 0 Å². The fourth-order valence-electron chi connectivity index (χ4n) is 1.67. The van der Waals surface area contributed by atoms with Crippen molar-refractivity contribution in [3.63, 3.8) is 0 Å². The second kappa shape index (κ2) is 5.47. The highest BCUT2D eigenvalue weighted by Crippen LogP contribution is 2.16. The van der Waals surface area contributed by atoms with E-state index in [1.807, 2.05) is 0 Å². The summed E-state index contributed by atoms with van der Waals surface area (Å²) in [6, 6.07) is 3.16. The molecule has 0 aliphatic heterocycles. The molecule has 0 spiro atoms. The van der Waals surface area contributed by atoms with Crippen LogP contribution in [0.15, 0.2) is 35.7 Å². The average molecular weight is 281 g/mol. The molecular weight excluding hydrogens is 266 g/mol. The molecule has 0 fully saturated rings. The van der Waals surface area contributed by atoms with Crippen LogP contribution in [-0.4, -0.2) is 23.6 Å². The van der Waals surface area contributed by atoms with Gasteiger partial charge in [0, 0.05) is 30.5 Å². The lowest BCUT2D eigenvalue weighted by Crippen LogP contribution is -2.28. The number of nitrogens with two attached hydrogens (primary N) is 1. The van der Waals surface area contributed by atoms with Gasteiger partial charge >= 0.3 is 0 Å². The maximum absolute atomic E-state index is 12.2. The third-order valence-corrected chi connectivity index (χ3v) is 4.24. The summed E-state index contributed by atoms with van der Waals surface area (Å²) in [6.07, 6.45) is 4.65. The van der Waals surface area contributed by atoms with E-state index in [4.69, 9.17) is 5.73 Å². The minimum absolute atomic E-state index is 0.00532. The van der Waals surface area contributed by atoms with Gasteiger partial charge in [0.2, 0.25) is 0 Å². The van der Waals surface area contributed by atoms with Crippen LogP contribution < -0.4 is 10.5 Å². The Kier molecular flexibility index (Phi) is 3.93. The normalized spacial score (nSPS) is 13.4. The molecule has 0 saturated heterocycles. The number of nitrogens with one attached hydrogen (secondary N) is 2. The van der Waals surface area contributed by atoms with Gasteiger partial charge in [-0.3, -0.25) is 10.1 Å². The second-order valence-corrected chi connectivity index (χ2v) is 5.71. The van der Waals surface area contributed by atoms with Crippen molar-refractivity contribution in [2.45, 2.75) is 24.5 Å². The zero-order chi connectivity index (χ0) is 13.9. The predicted octanol–water partition coefficient (Wildman–Crippen LogP) is 0.303. The minimum atomic E-state index is -3.68. The van der Waals surface area contributed by atoms with Gasteiger partial charge in [0.1, 0.15) is 0 Å². The third kappa shape index (κ3) is 2.98. The SMILES string of the molecule is CC(NS(=O)(=O)c1[nH]ncc1CN)c1cccnc1. The molecule has 0 amide bonds. The van der Waals surface area contributed by atoms with Crippen molar-refractivity contribution in [2.24, 2.45) is 5.73 Å². The molecule has 0 aromatic carbocycles. The zero-order valence-corrected chi connectivity index (χ0v) is 11.2. The maximum atomic E-state index is 12.2. The Morgan fingerprint density at radius 1 is 1.47 bits per heavy atom. The van der Waals surface area contributed by atoms with Crippen LogP contribution >= 0.6 is 0 Å². The van der Waals surface area contributed by atoms with Gasteiger partial charge in [-0.1, -0.05) is 6.07 Å². The van der Waals surface area contributed by atoms with Gasteiger partial charge in [0.25, 0.3) is 10.0 Å². The van der Waals surface area contributed by atoms with E-state index in [2.05, 4.69) is 19.9 Å². The summed E-state index contributed by atoms with van der Waals surface area (Å²) in [7, 11) is -3.68. The molecule has 2 aromatic rings. The third-order valence-electron chi connectivity index (χ3n) is 2.68. The van der Waals surface area contributed by atoms with E-state index >= 15 is 0 Å². The summed E-state index contributed by atoms with van der Waals surface area (Å²) < 4.78 is 27.0. The summed E-state index contributed by atoms with van der Waals surface area (Å²) >= 11 is 0. The van der Waals surface area contributed by atoms with E-state index in [0.717, 1.165) is 5.56 Å². The lowest BCUT2D eigenvalue weighted by molar-refractivity contribution is 0.561. The first-order valence-corrected chi connectivity index (χ1v) is 7.17. The zero-order valence-electron chi connectivity index (χ0n) is 10.4. The van der Waals surface area contributed by atoms with Crippen molar-refractivity contribution in [1.29, 1.82) is 0 Å². The van der Waals surface area contributed by atoms with Crippen molar-refractivity contribution in [1.82, 2.24) is 19.9 Å². The Labute approximate surface area is 111 Å². The summed E-state index contributed by atoms with van der Waals surface area (Å²) in [5.74, 6) is 0. The first-order valence-electron chi connectivity index (χ1n) is 5.69. The van der Waals surface area contributed by atoms with Crippen molar-refractivity contribution >= 4 is 10.0 Å². The summed E-state index contributed by atoms with van der Waals surface area (Å²) in [4.78, 5) is 3.96. The quantitative estimate of drug-likeness (QED) is 0.729. The Bertz CT molecular complexity index is 638. The maximum Gasteiger partial charge on any atom is 0.258 e. The molecule has 0 bridgehead atoms. The van der Waals surface area contributed by atoms with Crippen molar-refractivity contribution in [3.05, 3.63) is 41.9 Å². The number of nitrogens with zero attached hydrogens (tertiary/aromatic N) is 2. The molecule has 0 aliphatic carbocycles. The van der Waals surface area contributed by atoms with Crippen LogP contribution in [-0.2, 0) is 16.6 Å². The Morgan fingerprint density at radius 2 is 2.26 bits per heavy atom. The molecule has 0 saturated carbocycles. The fraction of sp³-hybridized carbons (Fsp3) is 0.273. The number of aromatic nitrogens is 3. The highest BCUT2D eigenvalue weighted by Gasteiger charge is 2.22. The van der Waals surface area contributed by atoms with E-state index in [9.17, 15) is 8.42 Å². The highest BCUT2D eigenvalue weighted by atomic mass is 32.2. The highest BCUT2D eigenvalue weighted by molar-refractivity contribution is 7.89. The molecule has 2 aromatic heterocycles. The van der Waals surface area contributed by atoms with Gasteiger partial charge in [0.15, 0.2) is 5.03 Å². The topological polar surface area (TPSA) is 114 Å². The van der Waals surface area contributed by atoms with Crippen molar-refractivity contribution < 1.29 is 8.42 Å². The number of sulfonamides is 1. The van der Waals surface area contributed by atoms with Crippen LogP contribution in [0.25, 0.3) is 0 Å². The van der Waals surface area contributed by atoms with Crippen molar-refractivity contribution in [2.75, 3.05) is 0 Å². The van der Waals surface area contributed by atoms with Crippen LogP contribution in [0.5, 0.6) is 0 Å². The molecule has 19 heavy (non-hydrogen) atoms. The molecule has 4 N–H and O–H groups in total. The lowest BCUT2D eigenvalue weighted by atomic mass is 10.2. The number of hydrogen-bond donors (Lipinski definition) is 3. The molecule has 8 heteroatoms. The molecule has 2 heterocycles. The monoisotopic (exact) mass is 281 g/mol. The van der Waals surface area contributed by atoms with E-state index in [1.54, 1.807) is 31.5 Å². The lowest BCUT2D eigenvalue weighted by Gasteiger charge is -2.13. The molecule has 1 atom stereocenters. The summed E-state index contributed by atoms with van der Waals surface area (Å²) in [6.45, 7) is 1.85. The van der Waals surface area contributed by atoms with E-state index < -0.39 is 16.1 Å². The van der Waals surface area contributed by atoms with Gasteiger partial charge in [-0.15, -0.1) is 0 Å². The molecule has 0 aliphatic rings. The number of aromatic amines is 1. The molecular formula is C11H15N5O2S. The molecule has 102 valence electrons. The Hall–Kier alpha value is -1.77. The van der Waals surface area contributed by atoms with Crippen LogP contribution in [0.1, 0.15) is 24.1 Å². The molecule has 2 rings (SSSR count). The first kappa shape index (κ1) is 13.7. The summed E-state index contributed by atoms with van der Waals surface area (Å²) in [5.41, 5.74) is 6.70. The smallest absolute Gasteiger partial charge is 0.258 e. The van der Waals surface area contributed by atoms with Gasteiger partial charge in [-0.2, -0.15) is 5.10 Å². The first-order chi connectivity index (χ1) is 9.04. The van der Waals surface area contributed by atoms with E-state index in [0.29, 0.717) is 5.56 Å². The van der Waals surface area contributed by atoms with Crippen LogP contribution in [0, 0.1) is 0 Å². The standard InChI is InChI=1S/C11H15N5O2S/c1-8(9-3-2-4-13-6-9)16-19(17,18)11-10(5-12)7-14-15-11/h2-4,6-8,16H,5,12H2,1H3,(H,14,15).